The highest BCUT2D eigenvalue weighted by Crippen LogP contribution is 2.27. The van der Waals surface area contributed by atoms with Gasteiger partial charge in [-0.05, 0) is 26.8 Å². The van der Waals surface area contributed by atoms with E-state index in [1.807, 2.05) is 27.8 Å². The van der Waals surface area contributed by atoms with E-state index >= 15 is 0 Å². The summed E-state index contributed by atoms with van der Waals surface area (Å²) >= 11 is 0. The Balaban J connectivity index is 2.41. The number of nitrogens with two attached hydrogens (primary N) is 1. The van der Waals surface area contributed by atoms with Crippen molar-refractivity contribution in [3.05, 3.63) is 34.8 Å². The zero-order valence-corrected chi connectivity index (χ0v) is 11.9. The maximum atomic E-state index is 8.74. The molecule has 2 aromatic heterocycles. The average molecular weight is 275 g/mol. The number of hydrogen-bond donors (Lipinski definition) is 2. The molecule has 0 saturated carbocycles. The van der Waals surface area contributed by atoms with Gasteiger partial charge in [-0.2, -0.15) is 5.10 Å². The predicted molar refractivity (Wildman–Crippen MR) is 74.2 cm³/mol. The first-order chi connectivity index (χ1) is 9.42. The van der Waals surface area contributed by atoms with Gasteiger partial charge in [-0.25, -0.2) is 4.98 Å². The van der Waals surface area contributed by atoms with Crippen molar-refractivity contribution in [2.45, 2.75) is 20.8 Å². The summed E-state index contributed by atoms with van der Waals surface area (Å²) in [6.07, 6.45) is 0. The van der Waals surface area contributed by atoms with Crippen LogP contribution in [0.15, 0.2) is 17.3 Å². The first-order valence-electron chi connectivity index (χ1n) is 6.07. The summed E-state index contributed by atoms with van der Waals surface area (Å²) < 4.78 is 7.53. The fourth-order valence-corrected chi connectivity index (χ4v) is 1.90. The largest absolute Gasteiger partial charge is 0.435 e. The van der Waals surface area contributed by atoms with Crippen LogP contribution in [-0.4, -0.2) is 25.8 Å². The van der Waals surface area contributed by atoms with Crippen LogP contribution in [0.4, 0.5) is 0 Å². The van der Waals surface area contributed by atoms with Gasteiger partial charge < -0.3 is 15.7 Å². The number of nitrogens with zero attached hydrogens (tertiary/aromatic N) is 4. The molecule has 3 N–H and O–H groups in total. The summed E-state index contributed by atoms with van der Waals surface area (Å²) in [6.45, 7) is 5.59. The first kappa shape index (κ1) is 13.9. The van der Waals surface area contributed by atoms with Gasteiger partial charge in [0.1, 0.15) is 5.69 Å². The topological polar surface area (TPSA) is 98.5 Å². The molecule has 0 bridgehead atoms. The molecule has 0 spiro atoms. The average Bonchev–Trinajstić information content (AvgIpc) is 2.64. The fourth-order valence-electron chi connectivity index (χ4n) is 1.90. The van der Waals surface area contributed by atoms with E-state index in [0.29, 0.717) is 22.9 Å². The third-order valence-electron chi connectivity index (χ3n) is 2.98. The molecule has 0 aliphatic carbocycles. The number of amidine groups is 1. The number of aryl methyl sites for hydroxylation is 3. The number of pyridine rings is 1. The van der Waals surface area contributed by atoms with Crippen molar-refractivity contribution in [3.8, 4) is 11.6 Å². The summed E-state index contributed by atoms with van der Waals surface area (Å²) in [5.74, 6) is 1.06. The molecule has 2 heterocycles. The van der Waals surface area contributed by atoms with Gasteiger partial charge in [-0.15, -0.1) is 0 Å². The molecule has 0 fully saturated rings. The van der Waals surface area contributed by atoms with Crippen molar-refractivity contribution >= 4 is 5.84 Å². The van der Waals surface area contributed by atoms with E-state index in [9.17, 15) is 0 Å². The van der Waals surface area contributed by atoms with E-state index < -0.39 is 0 Å². The van der Waals surface area contributed by atoms with Crippen molar-refractivity contribution < 1.29 is 9.94 Å². The maximum Gasteiger partial charge on any atom is 0.220 e. The lowest BCUT2D eigenvalue weighted by atomic mass is 10.2. The summed E-state index contributed by atoms with van der Waals surface area (Å²) in [5.41, 5.74) is 8.53. The second-order valence-corrected chi connectivity index (χ2v) is 4.55. The second-order valence-electron chi connectivity index (χ2n) is 4.55. The van der Waals surface area contributed by atoms with Crippen molar-refractivity contribution in [2.24, 2.45) is 17.9 Å². The number of aromatic nitrogens is 3. The monoisotopic (exact) mass is 275 g/mol. The molecule has 20 heavy (non-hydrogen) atoms. The third kappa shape index (κ3) is 2.56. The Labute approximate surface area is 116 Å². The Morgan fingerprint density at radius 2 is 2.05 bits per heavy atom. The number of rotatable bonds is 3. The van der Waals surface area contributed by atoms with Gasteiger partial charge >= 0.3 is 0 Å². The van der Waals surface area contributed by atoms with E-state index in [-0.39, 0.29) is 5.84 Å². The van der Waals surface area contributed by atoms with Crippen molar-refractivity contribution in [1.82, 2.24) is 14.8 Å². The molecule has 0 aromatic carbocycles. The fraction of sp³-hybridized carbons (Fsp3) is 0.308. The normalized spacial score (nSPS) is 11.7. The zero-order chi connectivity index (χ0) is 14.9. The molecule has 2 rings (SSSR count). The SMILES string of the molecule is Cc1cc(/C(N)=N/O)cc(Oc2c(C)nn(C)c2C)n1. The van der Waals surface area contributed by atoms with E-state index in [4.69, 9.17) is 15.7 Å². The quantitative estimate of drug-likeness (QED) is 0.384. The minimum absolute atomic E-state index is 0.0139. The van der Waals surface area contributed by atoms with Crippen LogP contribution in [0, 0.1) is 20.8 Å². The van der Waals surface area contributed by atoms with Gasteiger partial charge in [0.25, 0.3) is 0 Å². The highest BCUT2D eigenvalue weighted by atomic mass is 16.5. The number of ether oxygens (including phenoxy) is 1. The Bertz CT molecular complexity index is 676. The molecule has 0 aliphatic rings. The van der Waals surface area contributed by atoms with Gasteiger partial charge in [0.05, 0.1) is 5.69 Å². The lowest BCUT2D eigenvalue weighted by Crippen LogP contribution is -2.13. The van der Waals surface area contributed by atoms with Gasteiger partial charge in [0.2, 0.25) is 5.88 Å². The zero-order valence-electron chi connectivity index (χ0n) is 11.9. The molecule has 0 unspecified atom stereocenters. The van der Waals surface area contributed by atoms with Gasteiger partial charge in [0.15, 0.2) is 11.6 Å². The molecule has 0 saturated heterocycles. The van der Waals surface area contributed by atoms with Crippen LogP contribution in [0.2, 0.25) is 0 Å². The van der Waals surface area contributed by atoms with Crippen LogP contribution in [-0.2, 0) is 7.05 Å². The predicted octanol–water partition coefficient (Wildman–Crippen LogP) is 1.63. The van der Waals surface area contributed by atoms with Crippen LogP contribution in [0.25, 0.3) is 0 Å². The molecule has 0 amide bonds. The molecule has 0 aliphatic heterocycles. The van der Waals surface area contributed by atoms with Crippen LogP contribution >= 0.6 is 0 Å². The van der Waals surface area contributed by atoms with Crippen molar-refractivity contribution in [1.29, 1.82) is 0 Å². The number of oxime groups is 1. The van der Waals surface area contributed by atoms with Gasteiger partial charge in [0, 0.05) is 24.4 Å². The van der Waals surface area contributed by atoms with E-state index in [2.05, 4.69) is 15.2 Å². The highest BCUT2D eigenvalue weighted by molar-refractivity contribution is 5.97. The molecule has 2 aromatic rings. The summed E-state index contributed by atoms with van der Waals surface area (Å²) in [7, 11) is 1.85. The van der Waals surface area contributed by atoms with Crippen molar-refractivity contribution in [3.63, 3.8) is 0 Å². The van der Waals surface area contributed by atoms with Crippen molar-refractivity contribution in [2.75, 3.05) is 0 Å². The summed E-state index contributed by atoms with van der Waals surface area (Å²) in [5, 5.41) is 16.0. The first-order valence-corrected chi connectivity index (χ1v) is 6.07. The summed E-state index contributed by atoms with van der Waals surface area (Å²) in [6, 6.07) is 3.33. The molecule has 7 nitrogen and oxygen atoms in total. The second kappa shape index (κ2) is 5.20. The molecule has 0 atom stereocenters. The number of hydrogen-bond acceptors (Lipinski definition) is 5. The molecular weight excluding hydrogens is 258 g/mol. The van der Waals surface area contributed by atoms with Gasteiger partial charge in [-0.3, -0.25) is 4.68 Å². The maximum absolute atomic E-state index is 8.74. The lowest BCUT2D eigenvalue weighted by Gasteiger charge is -2.08. The Morgan fingerprint density at radius 3 is 2.60 bits per heavy atom. The van der Waals surface area contributed by atoms with Gasteiger partial charge in [-0.1, -0.05) is 5.16 Å². The molecule has 106 valence electrons. The van der Waals surface area contributed by atoms with Crippen LogP contribution in [0.1, 0.15) is 22.6 Å². The van der Waals surface area contributed by atoms with Crippen LogP contribution < -0.4 is 10.5 Å². The van der Waals surface area contributed by atoms with E-state index in [1.54, 1.807) is 16.8 Å². The Morgan fingerprint density at radius 1 is 1.35 bits per heavy atom. The third-order valence-corrected chi connectivity index (χ3v) is 2.98. The minimum Gasteiger partial charge on any atom is -0.435 e. The molecular formula is C13H17N5O2. The highest BCUT2D eigenvalue weighted by Gasteiger charge is 2.13. The molecule has 0 radical (unpaired) electrons. The Kier molecular flexibility index (Phi) is 3.60. The lowest BCUT2D eigenvalue weighted by molar-refractivity contribution is 0.318. The van der Waals surface area contributed by atoms with E-state index in [0.717, 1.165) is 11.4 Å². The standard InChI is InChI=1S/C13H17N5O2/c1-7-5-10(13(14)17-19)6-11(15-7)20-12-8(2)16-18(4)9(12)3/h5-6,19H,1-4H3,(H2,14,17). The smallest absolute Gasteiger partial charge is 0.220 e. The van der Waals surface area contributed by atoms with Crippen LogP contribution in [0.5, 0.6) is 11.6 Å². The molecule has 7 heteroatoms. The van der Waals surface area contributed by atoms with E-state index in [1.165, 1.54) is 0 Å². The minimum atomic E-state index is 0.0139. The summed E-state index contributed by atoms with van der Waals surface area (Å²) in [4.78, 5) is 4.29. The Hall–Kier alpha value is -2.57. The van der Waals surface area contributed by atoms with Crippen LogP contribution in [0.3, 0.4) is 0 Å².